The minimum Gasteiger partial charge on any atom is -0.496 e. The minimum atomic E-state index is -1.22. The summed E-state index contributed by atoms with van der Waals surface area (Å²) in [5.74, 6) is -0.0747. The van der Waals surface area contributed by atoms with E-state index in [1.165, 1.54) is 21.1 Å². The second-order valence-corrected chi connectivity index (χ2v) is 5.50. The molecule has 1 saturated carbocycles. The van der Waals surface area contributed by atoms with Crippen LogP contribution in [-0.2, 0) is 10.2 Å². The van der Waals surface area contributed by atoms with Gasteiger partial charge in [0.1, 0.15) is 17.7 Å². The van der Waals surface area contributed by atoms with Crippen molar-refractivity contribution in [2.24, 2.45) is 0 Å². The molecule has 1 aromatic carbocycles. The van der Waals surface area contributed by atoms with Gasteiger partial charge in [0.2, 0.25) is 0 Å². The van der Waals surface area contributed by atoms with Crippen LogP contribution in [0, 0.1) is 0 Å². The maximum atomic E-state index is 13.7. The highest BCUT2D eigenvalue weighted by atomic mass is 19.1. The molecule has 1 aromatic rings. The first-order valence-corrected chi connectivity index (χ1v) is 7.10. The number of rotatable bonds is 5. The Morgan fingerprint density at radius 2 is 1.81 bits per heavy atom. The summed E-state index contributed by atoms with van der Waals surface area (Å²) >= 11 is 0. The number of hydrogen-bond acceptors (Lipinski definition) is 3. The average Bonchev–Trinajstić information content (AvgIpc) is 2.96. The maximum Gasteiger partial charge on any atom is 0.314 e. The molecule has 0 spiro atoms. The zero-order valence-corrected chi connectivity index (χ0v) is 12.6. The van der Waals surface area contributed by atoms with Crippen LogP contribution in [0.3, 0.4) is 0 Å². The van der Waals surface area contributed by atoms with Crippen molar-refractivity contribution in [3.63, 3.8) is 0 Å². The van der Waals surface area contributed by atoms with Gasteiger partial charge in [-0.2, -0.15) is 0 Å². The molecule has 0 aromatic heterocycles. The minimum absolute atomic E-state index is 0.369. The second-order valence-electron chi connectivity index (χ2n) is 5.50. The molecule has 0 aliphatic heterocycles. The fourth-order valence-electron chi connectivity index (χ4n) is 3.18. The fraction of sp³-hybridized carbons (Fsp3) is 0.562. The maximum absolute atomic E-state index is 13.7. The summed E-state index contributed by atoms with van der Waals surface area (Å²) in [4.78, 5) is 11.8. The van der Waals surface area contributed by atoms with E-state index in [-0.39, 0.29) is 0 Å². The third kappa shape index (κ3) is 2.57. The zero-order valence-electron chi connectivity index (χ0n) is 12.6. The number of aliphatic carboxylic acids is 1. The molecule has 1 unspecified atom stereocenters. The van der Waals surface area contributed by atoms with Crippen LogP contribution in [0.4, 0.5) is 4.39 Å². The van der Waals surface area contributed by atoms with Crippen LogP contribution in [-0.4, -0.2) is 25.3 Å². The molecule has 0 radical (unpaired) electrons. The highest BCUT2D eigenvalue weighted by Gasteiger charge is 2.45. The molecule has 1 fully saturated rings. The summed E-state index contributed by atoms with van der Waals surface area (Å²) < 4.78 is 24.3. The van der Waals surface area contributed by atoms with Crippen molar-refractivity contribution in [1.82, 2.24) is 0 Å². The number of ether oxygens (including phenoxy) is 2. The van der Waals surface area contributed by atoms with Crippen LogP contribution in [0.15, 0.2) is 12.1 Å². The first-order valence-electron chi connectivity index (χ1n) is 7.10. The lowest BCUT2D eigenvalue weighted by molar-refractivity contribution is -0.143. The van der Waals surface area contributed by atoms with Crippen molar-refractivity contribution < 1.29 is 23.8 Å². The summed E-state index contributed by atoms with van der Waals surface area (Å²) in [5, 5.41) is 9.71. The molecular formula is C16H21FO4. The normalized spacial score (nSPS) is 18.3. The van der Waals surface area contributed by atoms with E-state index >= 15 is 0 Å². The van der Waals surface area contributed by atoms with Gasteiger partial charge in [0.15, 0.2) is 0 Å². The van der Waals surface area contributed by atoms with E-state index < -0.39 is 17.6 Å². The van der Waals surface area contributed by atoms with Crippen LogP contribution >= 0.6 is 0 Å². The Bertz CT molecular complexity index is 533. The molecule has 4 nitrogen and oxygen atoms in total. The molecule has 1 N–H and O–H groups in total. The highest BCUT2D eigenvalue weighted by Crippen LogP contribution is 2.47. The zero-order chi connectivity index (χ0) is 15.6. The summed E-state index contributed by atoms with van der Waals surface area (Å²) in [6.07, 6.45) is 1.63. The lowest BCUT2D eigenvalue weighted by Gasteiger charge is -2.27. The number of carboxylic acids is 1. The van der Waals surface area contributed by atoms with Crippen LogP contribution in [0.1, 0.15) is 49.9 Å². The summed E-state index contributed by atoms with van der Waals surface area (Å²) in [6.45, 7) is 1.42. The van der Waals surface area contributed by atoms with E-state index in [2.05, 4.69) is 0 Å². The fourth-order valence-corrected chi connectivity index (χ4v) is 3.18. The summed E-state index contributed by atoms with van der Waals surface area (Å²) in [7, 11) is 2.93. The molecule has 0 saturated heterocycles. The largest absolute Gasteiger partial charge is 0.496 e. The predicted octanol–water partition coefficient (Wildman–Crippen LogP) is 3.63. The number of carbonyl (C=O) groups is 1. The Morgan fingerprint density at radius 3 is 2.24 bits per heavy atom. The molecule has 21 heavy (non-hydrogen) atoms. The quantitative estimate of drug-likeness (QED) is 0.901. The molecule has 116 valence electrons. The van der Waals surface area contributed by atoms with Gasteiger partial charge in [-0.05, 0) is 31.9 Å². The van der Waals surface area contributed by atoms with Crippen LogP contribution < -0.4 is 9.47 Å². The van der Waals surface area contributed by atoms with Crippen molar-refractivity contribution in [2.45, 2.75) is 44.2 Å². The number of methoxy groups -OCH3 is 2. The number of halogens is 1. The molecule has 0 amide bonds. The number of alkyl halides is 1. The third-order valence-electron chi connectivity index (χ3n) is 4.36. The highest BCUT2D eigenvalue weighted by molar-refractivity contribution is 5.83. The van der Waals surface area contributed by atoms with Crippen LogP contribution in [0.25, 0.3) is 0 Å². The Kier molecular flexibility index (Phi) is 4.40. The monoisotopic (exact) mass is 296 g/mol. The van der Waals surface area contributed by atoms with E-state index in [1.807, 2.05) is 0 Å². The van der Waals surface area contributed by atoms with Crippen LogP contribution in [0.5, 0.6) is 11.5 Å². The number of benzene rings is 1. The Balaban J connectivity index is 2.64. The Labute approximate surface area is 123 Å². The first kappa shape index (κ1) is 15.6. The lowest BCUT2D eigenvalue weighted by atomic mass is 9.77. The molecule has 0 heterocycles. The van der Waals surface area contributed by atoms with Gasteiger partial charge in [-0.1, -0.05) is 12.8 Å². The smallest absolute Gasteiger partial charge is 0.314 e. The molecule has 1 atom stereocenters. The van der Waals surface area contributed by atoms with E-state index in [1.54, 1.807) is 12.1 Å². The van der Waals surface area contributed by atoms with E-state index in [0.29, 0.717) is 35.5 Å². The molecule has 1 aliphatic carbocycles. The first-order chi connectivity index (χ1) is 9.96. The van der Waals surface area contributed by atoms with Crippen molar-refractivity contribution >= 4 is 5.97 Å². The van der Waals surface area contributed by atoms with Crippen LogP contribution in [0.2, 0.25) is 0 Å². The SMILES string of the molecule is COc1cc(C2(C(=O)O)CCCC2)c(OC)cc1C(C)F. The van der Waals surface area contributed by atoms with Gasteiger partial charge in [-0.3, -0.25) is 4.79 Å². The van der Waals surface area contributed by atoms with Gasteiger partial charge in [-0.25, -0.2) is 4.39 Å². The summed E-state index contributed by atoms with van der Waals surface area (Å²) in [5.41, 5.74) is -0.00986. The van der Waals surface area contributed by atoms with E-state index in [9.17, 15) is 14.3 Å². The molecule has 2 rings (SSSR count). The van der Waals surface area contributed by atoms with Gasteiger partial charge in [-0.15, -0.1) is 0 Å². The van der Waals surface area contributed by atoms with Gasteiger partial charge >= 0.3 is 5.97 Å². The van der Waals surface area contributed by atoms with Crippen molar-refractivity contribution in [1.29, 1.82) is 0 Å². The van der Waals surface area contributed by atoms with Crippen molar-refractivity contribution in [3.8, 4) is 11.5 Å². The number of hydrogen-bond donors (Lipinski definition) is 1. The third-order valence-corrected chi connectivity index (χ3v) is 4.36. The number of carboxylic acid groups (broad SMARTS) is 1. The van der Waals surface area contributed by atoms with Crippen molar-refractivity contribution in [2.75, 3.05) is 14.2 Å². The molecule has 5 heteroatoms. The predicted molar refractivity (Wildman–Crippen MR) is 76.9 cm³/mol. The summed E-state index contributed by atoms with van der Waals surface area (Å²) in [6, 6.07) is 3.19. The van der Waals surface area contributed by atoms with Gasteiger partial charge < -0.3 is 14.6 Å². The standard InChI is InChI=1S/C16H21FO4/c1-10(17)11-8-14(21-3)12(9-13(11)20-2)16(15(18)19)6-4-5-7-16/h8-10H,4-7H2,1-3H3,(H,18,19). The Hall–Kier alpha value is -1.78. The topological polar surface area (TPSA) is 55.8 Å². The van der Waals surface area contributed by atoms with Gasteiger partial charge in [0.25, 0.3) is 0 Å². The lowest BCUT2D eigenvalue weighted by Crippen LogP contribution is -2.33. The average molecular weight is 296 g/mol. The van der Waals surface area contributed by atoms with Crippen molar-refractivity contribution in [3.05, 3.63) is 23.3 Å². The van der Waals surface area contributed by atoms with E-state index in [4.69, 9.17) is 9.47 Å². The molecule has 0 bridgehead atoms. The van der Waals surface area contributed by atoms with Gasteiger partial charge in [0.05, 0.1) is 19.6 Å². The second kappa shape index (κ2) is 5.92. The molecular weight excluding hydrogens is 275 g/mol. The Morgan fingerprint density at radius 1 is 1.24 bits per heavy atom. The van der Waals surface area contributed by atoms with E-state index in [0.717, 1.165) is 12.8 Å². The molecule has 1 aliphatic rings. The van der Waals surface area contributed by atoms with Gasteiger partial charge in [0, 0.05) is 11.1 Å².